The number of carboxylic acid groups (broad SMARTS) is 1. The molecule has 0 spiro atoms. The first-order valence-corrected chi connectivity index (χ1v) is 14.2. The highest BCUT2D eigenvalue weighted by atomic mass is 19.1. The number of rotatable bonds is 9. The lowest BCUT2D eigenvalue weighted by atomic mass is 10.0. The molecule has 1 saturated heterocycles. The number of fused-ring (bicyclic) bond motifs is 2. The van der Waals surface area contributed by atoms with Gasteiger partial charge in [0.05, 0.1) is 46.7 Å². The maximum atomic E-state index is 15.5. The molecule has 3 aromatic carbocycles. The highest BCUT2D eigenvalue weighted by molar-refractivity contribution is 5.92. The number of aromatic carboxylic acids is 1. The Morgan fingerprint density at radius 3 is 2.70 bits per heavy atom. The fourth-order valence-electron chi connectivity index (χ4n) is 5.47. The molecule has 3 aromatic heterocycles. The summed E-state index contributed by atoms with van der Waals surface area (Å²) in [6.07, 6.45) is 2.59. The molecule has 1 fully saturated rings. The third-order valence-electron chi connectivity index (χ3n) is 7.94. The second-order valence-electron chi connectivity index (χ2n) is 10.8. The van der Waals surface area contributed by atoms with Crippen molar-refractivity contribution >= 4 is 27.9 Å². The summed E-state index contributed by atoms with van der Waals surface area (Å²) >= 11 is 0. The molecule has 7 rings (SSSR count). The maximum Gasteiger partial charge on any atom is 0.335 e. The summed E-state index contributed by atoms with van der Waals surface area (Å²) in [4.78, 5) is 20.6. The molecule has 1 N–H and O–H groups in total. The molecule has 44 heavy (non-hydrogen) atoms. The van der Waals surface area contributed by atoms with Gasteiger partial charge in [0, 0.05) is 37.1 Å². The van der Waals surface area contributed by atoms with Crippen molar-refractivity contribution in [3.63, 3.8) is 0 Å². The Morgan fingerprint density at radius 2 is 1.91 bits per heavy atom. The standard InChI is InChI=1S/C33H27F2N5O4/c1-39-29-8-5-19(11-22(29)16-36-39)18-44-32-4-2-3-27(38-32)24-15-25(34)21(12-26(24)35)14-31-37-28-7-6-20(33(41)42)13-30(28)40(31)17-23-9-10-43-23/h2-8,11-13,15-16,23H,9-10,14,17-18H2,1H3,(H,41,42)/t23-/m0/s1. The molecule has 1 atom stereocenters. The topological polar surface area (TPSA) is 104 Å². The lowest BCUT2D eigenvalue weighted by Crippen LogP contribution is -2.31. The average Bonchev–Trinajstić information content (AvgIpc) is 3.54. The lowest BCUT2D eigenvalue weighted by molar-refractivity contribution is -0.0589. The molecular weight excluding hydrogens is 568 g/mol. The number of aromatic nitrogens is 5. The molecule has 0 amide bonds. The van der Waals surface area contributed by atoms with Crippen LogP contribution in [-0.4, -0.2) is 48.1 Å². The van der Waals surface area contributed by atoms with Gasteiger partial charge in [0.25, 0.3) is 0 Å². The highest BCUT2D eigenvalue weighted by Crippen LogP contribution is 2.29. The van der Waals surface area contributed by atoms with E-state index in [2.05, 4.69) is 15.1 Å². The Kier molecular flexibility index (Phi) is 7.01. The first kappa shape index (κ1) is 27.7. The number of carboxylic acids is 1. The Bertz CT molecular complexity index is 2050. The fraction of sp³-hybridized carbons (Fsp3) is 0.212. The average molecular weight is 596 g/mol. The SMILES string of the molecule is Cn1ncc2cc(COc3cccc(-c4cc(F)c(Cc5nc6ccc(C(=O)O)cc6n5C[C@@H]5CCO5)cc4F)n3)ccc21. The normalized spacial score (nSPS) is 14.7. The van der Waals surface area contributed by atoms with E-state index >= 15 is 8.78 Å². The van der Waals surface area contributed by atoms with Crippen molar-refractivity contribution in [2.45, 2.75) is 32.1 Å². The second kappa shape index (κ2) is 11.2. The van der Waals surface area contributed by atoms with E-state index in [1.165, 1.54) is 6.07 Å². The van der Waals surface area contributed by atoms with Gasteiger partial charge in [-0.05, 0) is 66.1 Å². The molecule has 11 heteroatoms. The van der Waals surface area contributed by atoms with Gasteiger partial charge in [0.1, 0.15) is 24.1 Å². The van der Waals surface area contributed by atoms with Crippen LogP contribution in [0.4, 0.5) is 8.78 Å². The van der Waals surface area contributed by atoms with Crippen LogP contribution in [0, 0.1) is 11.6 Å². The van der Waals surface area contributed by atoms with Crippen LogP contribution in [0.1, 0.15) is 33.7 Å². The van der Waals surface area contributed by atoms with Crippen LogP contribution in [0.5, 0.6) is 5.88 Å². The largest absolute Gasteiger partial charge is 0.478 e. The smallest absolute Gasteiger partial charge is 0.335 e. The van der Waals surface area contributed by atoms with E-state index in [1.54, 1.807) is 41.2 Å². The van der Waals surface area contributed by atoms with Crippen LogP contribution >= 0.6 is 0 Å². The highest BCUT2D eigenvalue weighted by Gasteiger charge is 2.23. The first-order chi connectivity index (χ1) is 21.3. The summed E-state index contributed by atoms with van der Waals surface area (Å²) in [5.41, 5.74) is 3.60. The van der Waals surface area contributed by atoms with Crippen LogP contribution in [0.3, 0.4) is 0 Å². The molecular formula is C33H27F2N5O4. The van der Waals surface area contributed by atoms with Crippen molar-refractivity contribution in [1.82, 2.24) is 24.3 Å². The summed E-state index contributed by atoms with van der Waals surface area (Å²) in [5.74, 6) is -1.53. The Morgan fingerprint density at radius 1 is 1.05 bits per heavy atom. The number of imidazole rings is 1. The van der Waals surface area contributed by atoms with Gasteiger partial charge in [0.15, 0.2) is 0 Å². The molecule has 0 bridgehead atoms. The summed E-state index contributed by atoms with van der Waals surface area (Å²) in [6.45, 7) is 1.33. The Labute approximate surface area is 250 Å². The molecule has 0 unspecified atom stereocenters. The van der Waals surface area contributed by atoms with Crippen molar-refractivity contribution in [3.8, 4) is 17.1 Å². The van der Waals surface area contributed by atoms with Crippen LogP contribution in [-0.2, 0) is 31.4 Å². The minimum Gasteiger partial charge on any atom is -0.478 e. The van der Waals surface area contributed by atoms with E-state index < -0.39 is 17.6 Å². The summed E-state index contributed by atoms with van der Waals surface area (Å²) < 4.78 is 46.1. The monoisotopic (exact) mass is 595 g/mol. The molecule has 222 valence electrons. The lowest BCUT2D eigenvalue weighted by Gasteiger charge is -2.27. The van der Waals surface area contributed by atoms with Gasteiger partial charge in [-0.25, -0.2) is 23.5 Å². The molecule has 6 aromatic rings. The van der Waals surface area contributed by atoms with Crippen molar-refractivity contribution in [2.75, 3.05) is 6.61 Å². The number of benzene rings is 3. The van der Waals surface area contributed by atoms with E-state index in [9.17, 15) is 9.90 Å². The van der Waals surface area contributed by atoms with Crippen molar-refractivity contribution in [1.29, 1.82) is 0 Å². The minimum absolute atomic E-state index is 0.00466. The van der Waals surface area contributed by atoms with E-state index in [-0.39, 0.29) is 47.4 Å². The number of nitrogens with zero attached hydrogens (tertiary/aromatic N) is 5. The van der Waals surface area contributed by atoms with E-state index in [1.807, 2.05) is 29.8 Å². The second-order valence-corrected chi connectivity index (χ2v) is 10.8. The number of pyridine rings is 1. The van der Waals surface area contributed by atoms with Gasteiger partial charge in [-0.15, -0.1) is 0 Å². The minimum atomic E-state index is -1.06. The molecule has 0 radical (unpaired) electrons. The number of hydrogen-bond acceptors (Lipinski definition) is 6. The van der Waals surface area contributed by atoms with Crippen LogP contribution in [0.25, 0.3) is 33.2 Å². The van der Waals surface area contributed by atoms with Crippen LogP contribution < -0.4 is 4.74 Å². The fourth-order valence-corrected chi connectivity index (χ4v) is 5.47. The number of hydrogen-bond donors (Lipinski definition) is 1. The Balaban J connectivity index is 1.14. The van der Waals surface area contributed by atoms with Gasteiger partial charge < -0.3 is 19.1 Å². The molecule has 9 nitrogen and oxygen atoms in total. The van der Waals surface area contributed by atoms with Crippen LogP contribution in [0.15, 0.2) is 72.9 Å². The summed E-state index contributed by atoms with van der Waals surface area (Å²) in [5, 5.41) is 14.7. The maximum absolute atomic E-state index is 15.5. The zero-order chi connectivity index (χ0) is 30.4. The third kappa shape index (κ3) is 5.26. The van der Waals surface area contributed by atoms with Crippen LogP contribution in [0.2, 0.25) is 0 Å². The molecule has 0 saturated carbocycles. The van der Waals surface area contributed by atoms with Gasteiger partial charge in [-0.3, -0.25) is 4.68 Å². The van der Waals surface area contributed by atoms with Gasteiger partial charge in [0.2, 0.25) is 5.88 Å². The first-order valence-electron chi connectivity index (χ1n) is 14.2. The van der Waals surface area contributed by atoms with E-state index in [0.717, 1.165) is 35.0 Å². The van der Waals surface area contributed by atoms with E-state index in [0.29, 0.717) is 30.0 Å². The zero-order valence-corrected chi connectivity index (χ0v) is 23.7. The summed E-state index contributed by atoms with van der Waals surface area (Å²) in [6, 6.07) is 17.8. The van der Waals surface area contributed by atoms with Crippen molar-refractivity contribution in [3.05, 3.63) is 107 Å². The molecule has 4 heterocycles. The quantitative estimate of drug-likeness (QED) is 0.221. The molecule has 1 aliphatic heterocycles. The number of carbonyl (C=O) groups is 1. The summed E-state index contributed by atoms with van der Waals surface area (Å²) in [7, 11) is 1.88. The zero-order valence-electron chi connectivity index (χ0n) is 23.7. The predicted octanol–water partition coefficient (Wildman–Crippen LogP) is 5.92. The van der Waals surface area contributed by atoms with E-state index in [4.69, 9.17) is 9.47 Å². The molecule has 0 aliphatic carbocycles. The Hall–Kier alpha value is -5.16. The number of ether oxygens (including phenoxy) is 2. The predicted molar refractivity (Wildman–Crippen MR) is 158 cm³/mol. The van der Waals surface area contributed by atoms with Gasteiger partial charge in [-0.1, -0.05) is 12.1 Å². The third-order valence-corrected chi connectivity index (χ3v) is 7.94. The number of aryl methyl sites for hydroxylation is 1. The molecule has 1 aliphatic rings. The number of halogens is 2. The van der Waals surface area contributed by atoms with Crippen molar-refractivity contribution < 1.29 is 28.2 Å². The van der Waals surface area contributed by atoms with Gasteiger partial charge >= 0.3 is 5.97 Å². The van der Waals surface area contributed by atoms with Gasteiger partial charge in [-0.2, -0.15) is 5.10 Å². The van der Waals surface area contributed by atoms with Crippen molar-refractivity contribution in [2.24, 2.45) is 7.05 Å².